The molecule has 0 spiro atoms. The predicted molar refractivity (Wildman–Crippen MR) is 65.2 cm³/mol. The summed E-state index contributed by atoms with van der Waals surface area (Å²) < 4.78 is 10.6. The van der Waals surface area contributed by atoms with E-state index in [4.69, 9.17) is 21.1 Å². The first-order chi connectivity index (χ1) is 8.00. The lowest BCUT2D eigenvalue weighted by molar-refractivity contribution is -0.202. The van der Waals surface area contributed by atoms with Crippen LogP contribution in [0.15, 0.2) is 24.3 Å². The second-order valence-corrected chi connectivity index (χ2v) is 5.14. The fourth-order valence-electron chi connectivity index (χ4n) is 1.74. The molecule has 1 unspecified atom stereocenters. The molecule has 1 atom stereocenters. The molecule has 3 nitrogen and oxygen atoms in total. The number of esters is 1. The lowest BCUT2D eigenvalue weighted by atomic mass is 9.80. The Morgan fingerprint density at radius 2 is 2.00 bits per heavy atom. The summed E-state index contributed by atoms with van der Waals surface area (Å²) in [6.07, 6.45) is 0.670. The molecule has 1 heterocycles. The quantitative estimate of drug-likeness (QED) is 0.775. The number of carbonyl (C=O) groups excluding carboxylic acids is 1. The molecule has 1 aromatic rings. The Labute approximate surface area is 106 Å². The Kier molecular flexibility index (Phi) is 3.29. The predicted octanol–water partition coefficient (Wildman–Crippen LogP) is 3.06. The van der Waals surface area contributed by atoms with Gasteiger partial charge in [-0.3, -0.25) is 4.79 Å². The van der Waals surface area contributed by atoms with Gasteiger partial charge in [0.15, 0.2) is 0 Å². The maximum Gasteiger partial charge on any atom is 0.315 e. The molecule has 0 aromatic heterocycles. The summed E-state index contributed by atoms with van der Waals surface area (Å²) >= 11 is 5.77. The molecule has 1 aliphatic rings. The van der Waals surface area contributed by atoms with Gasteiger partial charge in [0.2, 0.25) is 0 Å². The first-order valence-electron chi connectivity index (χ1n) is 5.59. The van der Waals surface area contributed by atoms with E-state index in [-0.39, 0.29) is 17.5 Å². The normalized spacial score (nSPS) is 21.6. The highest BCUT2D eigenvalue weighted by Crippen LogP contribution is 2.37. The molecule has 17 heavy (non-hydrogen) atoms. The molecule has 2 rings (SSSR count). The van der Waals surface area contributed by atoms with Crippen LogP contribution in [0.3, 0.4) is 0 Å². The minimum atomic E-state index is -0.372. The summed E-state index contributed by atoms with van der Waals surface area (Å²) in [6, 6.07) is 7.20. The first kappa shape index (κ1) is 12.2. The first-order valence-corrected chi connectivity index (χ1v) is 5.97. The zero-order valence-electron chi connectivity index (χ0n) is 9.90. The second kappa shape index (κ2) is 4.57. The maximum absolute atomic E-state index is 11.2. The van der Waals surface area contributed by atoms with Crippen molar-refractivity contribution in [1.29, 1.82) is 0 Å². The Balaban J connectivity index is 1.77. The van der Waals surface area contributed by atoms with Crippen LogP contribution in [-0.2, 0) is 9.53 Å². The number of carbonyl (C=O) groups is 1. The van der Waals surface area contributed by atoms with E-state index >= 15 is 0 Å². The minimum Gasteiger partial charge on any atom is -0.493 e. The van der Waals surface area contributed by atoms with Crippen LogP contribution in [0.5, 0.6) is 5.75 Å². The fourth-order valence-corrected chi connectivity index (χ4v) is 1.86. The number of hydrogen-bond acceptors (Lipinski definition) is 3. The molecule has 1 fully saturated rings. The van der Waals surface area contributed by atoms with Crippen LogP contribution in [-0.4, -0.2) is 18.7 Å². The van der Waals surface area contributed by atoms with Gasteiger partial charge in [-0.25, -0.2) is 0 Å². The number of rotatable bonds is 4. The molecule has 0 radical (unpaired) electrons. The molecule has 1 aromatic carbocycles. The molecular formula is C13H15ClO3. The molecule has 0 bridgehead atoms. The van der Waals surface area contributed by atoms with Crippen LogP contribution < -0.4 is 4.74 Å². The highest BCUT2D eigenvalue weighted by molar-refractivity contribution is 6.30. The minimum absolute atomic E-state index is 0.0395. The van der Waals surface area contributed by atoms with Crippen LogP contribution in [0.2, 0.25) is 5.02 Å². The standard InChI is InChI=1S/C13H15ClO3/c1-13(2)11(17-12(13)15)7-8-16-10-5-3-9(14)4-6-10/h3-6,11H,7-8H2,1-2H3. The summed E-state index contributed by atoms with van der Waals surface area (Å²) in [6.45, 7) is 4.32. The van der Waals surface area contributed by atoms with Crippen molar-refractivity contribution in [3.8, 4) is 5.75 Å². The van der Waals surface area contributed by atoms with E-state index in [1.54, 1.807) is 12.1 Å². The summed E-state index contributed by atoms with van der Waals surface area (Å²) in [5.41, 5.74) is -0.372. The van der Waals surface area contributed by atoms with E-state index in [2.05, 4.69) is 0 Å². The number of benzene rings is 1. The maximum atomic E-state index is 11.2. The van der Waals surface area contributed by atoms with Crippen molar-refractivity contribution in [3.05, 3.63) is 29.3 Å². The summed E-state index contributed by atoms with van der Waals surface area (Å²) in [5.74, 6) is 0.645. The van der Waals surface area contributed by atoms with E-state index in [0.717, 1.165) is 5.75 Å². The molecule has 0 N–H and O–H groups in total. The van der Waals surface area contributed by atoms with E-state index in [1.807, 2.05) is 26.0 Å². The van der Waals surface area contributed by atoms with Gasteiger partial charge in [0.05, 0.1) is 12.0 Å². The van der Waals surface area contributed by atoms with E-state index in [9.17, 15) is 4.79 Å². The Morgan fingerprint density at radius 3 is 2.53 bits per heavy atom. The second-order valence-electron chi connectivity index (χ2n) is 4.71. The van der Waals surface area contributed by atoms with Gasteiger partial charge < -0.3 is 9.47 Å². The van der Waals surface area contributed by atoms with Crippen LogP contribution >= 0.6 is 11.6 Å². The van der Waals surface area contributed by atoms with E-state index in [0.29, 0.717) is 18.1 Å². The van der Waals surface area contributed by atoms with Gasteiger partial charge in [-0.05, 0) is 38.1 Å². The molecular weight excluding hydrogens is 240 g/mol. The molecule has 0 saturated carbocycles. The van der Waals surface area contributed by atoms with Crippen molar-refractivity contribution in [3.63, 3.8) is 0 Å². The van der Waals surface area contributed by atoms with Crippen molar-refractivity contribution in [2.75, 3.05) is 6.61 Å². The Morgan fingerprint density at radius 1 is 1.35 bits per heavy atom. The largest absolute Gasteiger partial charge is 0.493 e. The van der Waals surface area contributed by atoms with Gasteiger partial charge in [-0.1, -0.05) is 11.6 Å². The van der Waals surface area contributed by atoms with Crippen molar-refractivity contribution in [2.45, 2.75) is 26.4 Å². The molecule has 0 aliphatic carbocycles. The van der Waals surface area contributed by atoms with Gasteiger partial charge in [-0.2, -0.15) is 0 Å². The highest BCUT2D eigenvalue weighted by Gasteiger charge is 2.50. The topological polar surface area (TPSA) is 35.5 Å². The smallest absolute Gasteiger partial charge is 0.315 e. The number of ether oxygens (including phenoxy) is 2. The number of hydrogen-bond donors (Lipinski definition) is 0. The molecule has 92 valence electrons. The van der Waals surface area contributed by atoms with Crippen LogP contribution in [0.4, 0.5) is 0 Å². The monoisotopic (exact) mass is 254 g/mol. The SMILES string of the molecule is CC1(C)C(=O)OC1CCOc1ccc(Cl)cc1. The number of cyclic esters (lactones) is 1. The average molecular weight is 255 g/mol. The third-order valence-electron chi connectivity index (χ3n) is 3.04. The molecule has 1 aliphatic heterocycles. The van der Waals surface area contributed by atoms with E-state index < -0.39 is 0 Å². The molecule has 4 heteroatoms. The van der Waals surface area contributed by atoms with Gasteiger partial charge in [-0.15, -0.1) is 0 Å². The number of halogens is 1. The van der Waals surface area contributed by atoms with Crippen molar-refractivity contribution in [1.82, 2.24) is 0 Å². The zero-order valence-corrected chi connectivity index (χ0v) is 10.7. The van der Waals surface area contributed by atoms with Gasteiger partial charge >= 0.3 is 5.97 Å². The van der Waals surface area contributed by atoms with Gasteiger partial charge in [0.1, 0.15) is 11.9 Å². The lowest BCUT2D eigenvalue weighted by Crippen LogP contribution is -2.53. The average Bonchev–Trinajstić information content (AvgIpc) is 2.30. The summed E-state index contributed by atoms with van der Waals surface area (Å²) in [4.78, 5) is 11.2. The van der Waals surface area contributed by atoms with Crippen molar-refractivity contribution in [2.24, 2.45) is 5.41 Å². The zero-order chi connectivity index (χ0) is 12.5. The van der Waals surface area contributed by atoms with Gasteiger partial charge in [0.25, 0.3) is 0 Å². The van der Waals surface area contributed by atoms with Crippen molar-refractivity contribution >= 4 is 17.6 Å². The third kappa shape index (κ3) is 2.55. The Hall–Kier alpha value is -1.22. The summed E-state index contributed by atoms with van der Waals surface area (Å²) in [5, 5.41) is 0.686. The molecule has 0 amide bonds. The van der Waals surface area contributed by atoms with Crippen LogP contribution in [0.1, 0.15) is 20.3 Å². The highest BCUT2D eigenvalue weighted by atomic mass is 35.5. The third-order valence-corrected chi connectivity index (χ3v) is 3.29. The van der Waals surface area contributed by atoms with Crippen LogP contribution in [0.25, 0.3) is 0 Å². The Bertz CT molecular complexity index is 411. The lowest BCUT2D eigenvalue weighted by Gasteiger charge is -2.41. The fraction of sp³-hybridized carbons (Fsp3) is 0.462. The van der Waals surface area contributed by atoms with Gasteiger partial charge in [0, 0.05) is 11.4 Å². The molecule has 1 saturated heterocycles. The van der Waals surface area contributed by atoms with E-state index in [1.165, 1.54) is 0 Å². The van der Waals surface area contributed by atoms with Crippen LogP contribution in [0, 0.1) is 5.41 Å². The summed E-state index contributed by atoms with van der Waals surface area (Å²) in [7, 11) is 0. The van der Waals surface area contributed by atoms with Crippen molar-refractivity contribution < 1.29 is 14.3 Å².